The van der Waals surface area contributed by atoms with Crippen LogP contribution in [0.25, 0.3) is 12.2 Å². The van der Waals surface area contributed by atoms with Crippen molar-refractivity contribution in [2.24, 2.45) is 0 Å². The molecule has 0 saturated heterocycles. The average molecular weight is 585 g/mol. The van der Waals surface area contributed by atoms with Crippen molar-refractivity contribution in [3.8, 4) is 11.5 Å². The van der Waals surface area contributed by atoms with Gasteiger partial charge in [-0.3, -0.25) is 10.4 Å². The van der Waals surface area contributed by atoms with E-state index in [1.165, 1.54) is 54.6 Å². The maximum Gasteiger partial charge on any atom is 0.339 e. The van der Waals surface area contributed by atoms with Gasteiger partial charge in [0.15, 0.2) is 0 Å². The number of hydrogen-bond donors (Lipinski definition) is 2. The number of benzene rings is 4. The van der Waals surface area contributed by atoms with E-state index >= 15 is 0 Å². The van der Waals surface area contributed by atoms with Gasteiger partial charge >= 0.3 is 20.2 Å². The molecule has 0 aliphatic carbocycles. The molecule has 0 aliphatic rings. The number of anilines is 2. The van der Waals surface area contributed by atoms with E-state index in [1.54, 1.807) is 36.4 Å². The highest BCUT2D eigenvalue weighted by Crippen LogP contribution is 2.30. The largest absolute Gasteiger partial charge is 0.769 e. The monoisotopic (exact) mass is 584 g/mol. The second-order valence-corrected chi connectivity index (χ2v) is 11.1. The van der Waals surface area contributed by atoms with E-state index in [2.05, 4.69) is 0 Å². The molecule has 0 atom stereocenters. The van der Waals surface area contributed by atoms with E-state index in [9.17, 15) is 37.7 Å². The van der Waals surface area contributed by atoms with Gasteiger partial charge in [0.2, 0.25) is 0 Å². The molecule has 0 fully saturated rings. The lowest BCUT2D eigenvalue weighted by Crippen LogP contribution is -2.15. The highest BCUT2D eigenvalue weighted by Gasteiger charge is 2.23. The molecule has 4 aromatic rings. The molecule has 0 radical (unpaired) electrons. The van der Waals surface area contributed by atoms with Crippen LogP contribution in [0.15, 0.2) is 107 Å². The Hall–Kier alpha value is -4.44. The first-order valence-electron chi connectivity index (χ1n) is 11.2. The van der Waals surface area contributed by atoms with Crippen molar-refractivity contribution in [1.82, 2.24) is 0 Å². The van der Waals surface area contributed by atoms with Gasteiger partial charge in [0, 0.05) is 5.69 Å². The molecular formula is C26H20N2O10S2-2. The number of nitrogens with zero attached hydrogens (tertiary/aromatic N) is 2. The molecule has 14 heteroatoms. The minimum atomic E-state index is -4.57. The van der Waals surface area contributed by atoms with E-state index < -0.39 is 40.9 Å². The van der Waals surface area contributed by atoms with Crippen molar-refractivity contribution >= 4 is 43.8 Å². The van der Waals surface area contributed by atoms with Gasteiger partial charge in [0.1, 0.15) is 21.3 Å². The van der Waals surface area contributed by atoms with Crippen LogP contribution in [0.3, 0.4) is 0 Å². The molecule has 208 valence electrons. The van der Waals surface area contributed by atoms with E-state index in [0.29, 0.717) is 0 Å². The highest BCUT2D eigenvalue weighted by molar-refractivity contribution is 7.87. The van der Waals surface area contributed by atoms with Crippen molar-refractivity contribution in [3.05, 3.63) is 119 Å². The highest BCUT2D eigenvalue weighted by atomic mass is 32.2. The zero-order valence-electron chi connectivity index (χ0n) is 20.3. The molecule has 0 amide bonds. The minimum absolute atomic E-state index is 0.00510. The Balaban J connectivity index is 1.79. The van der Waals surface area contributed by atoms with Gasteiger partial charge in [-0.1, -0.05) is 60.7 Å². The van der Waals surface area contributed by atoms with Gasteiger partial charge in [0.25, 0.3) is 0 Å². The zero-order chi connectivity index (χ0) is 28.9. The Morgan fingerprint density at radius 3 is 1.40 bits per heavy atom. The number of hydrogen-bond acceptors (Lipinski definition) is 12. The summed E-state index contributed by atoms with van der Waals surface area (Å²) in [5.74, 6) is -0.0296. The lowest BCUT2D eigenvalue weighted by molar-refractivity contribution is 0.0290. The number of para-hydroxylation sites is 2. The van der Waals surface area contributed by atoms with E-state index in [4.69, 9.17) is 8.37 Å². The van der Waals surface area contributed by atoms with Gasteiger partial charge in [-0.05, 0) is 59.7 Å². The van der Waals surface area contributed by atoms with Crippen molar-refractivity contribution in [2.45, 2.75) is 9.79 Å². The summed E-state index contributed by atoms with van der Waals surface area (Å²) in [6, 6.07) is 21.5. The summed E-state index contributed by atoms with van der Waals surface area (Å²) in [5.41, 5.74) is -0.888. The normalized spacial score (nSPS) is 11.8. The van der Waals surface area contributed by atoms with Gasteiger partial charge in [-0.15, -0.1) is 5.23 Å². The first-order chi connectivity index (χ1) is 19.0. The van der Waals surface area contributed by atoms with Crippen LogP contribution in [0, 0.1) is 10.4 Å². The molecule has 0 heterocycles. The maximum atomic E-state index is 13.1. The standard InChI is InChI=1S/C26H20N2O10S2/c29-27(30)21-15-13-19(25(17-21)39(33,34)37-23-7-3-1-4-8-23)11-12-20-14-16-22(28(31)32)18-26(20)40(35,36)38-24-9-5-2-6-10-24/h1-18,29-30H/q-2. The Morgan fingerprint density at radius 1 is 0.600 bits per heavy atom. The molecule has 0 unspecified atom stereocenters. The molecule has 2 N–H and O–H groups in total. The summed E-state index contributed by atoms with van der Waals surface area (Å²) >= 11 is 0. The summed E-state index contributed by atoms with van der Waals surface area (Å²) in [7, 11) is -9.11. The summed E-state index contributed by atoms with van der Waals surface area (Å²) in [6.45, 7) is 0. The van der Waals surface area contributed by atoms with Crippen molar-refractivity contribution in [2.75, 3.05) is 10.5 Å². The van der Waals surface area contributed by atoms with Gasteiger partial charge in [0.05, 0.1) is 5.69 Å². The minimum Gasteiger partial charge on any atom is -0.769 e. The van der Waals surface area contributed by atoms with E-state index in [1.807, 2.05) is 0 Å². The van der Waals surface area contributed by atoms with Gasteiger partial charge in [-0.25, -0.2) is 0 Å². The second-order valence-electron chi connectivity index (χ2n) is 8.03. The molecule has 0 spiro atoms. The van der Waals surface area contributed by atoms with Gasteiger partial charge in [-0.2, -0.15) is 16.8 Å². The van der Waals surface area contributed by atoms with Crippen molar-refractivity contribution in [1.29, 1.82) is 0 Å². The molecular weight excluding hydrogens is 564 g/mol. The van der Waals surface area contributed by atoms with Crippen LogP contribution in [-0.4, -0.2) is 27.3 Å². The lowest BCUT2D eigenvalue weighted by atomic mass is 10.1. The molecule has 4 rings (SSSR count). The predicted octanol–water partition coefficient (Wildman–Crippen LogP) is 4.78. The Kier molecular flexibility index (Phi) is 8.39. The quantitative estimate of drug-likeness (QED) is 0.148. The summed E-state index contributed by atoms with van der Waals surface area (Å²) < 4.78 is 62.8. The summed E-state index contributed by atoms with van der Waals surface area (Å²) in [5, 5.41) is 40.5. The summed E-state index contributed by atoms with van der Waals surface area (Å²) in [4.78, 5) is -1.02. The first-order valence-corrected chi connectivity index (χ1v) is 14.1. The molecule has 4 aromatic carbocycles. The third kappa shape index (κ3) is 6.76. The molecule has 12 nitrogen and oxygen atoms in total. The fourth-order valence-electron chi connectivity index (χ4n) is 3.47. The molecule has 0 aliphatic heterocycles. The Labute approximate surface area is 229 Å². The van der Waals surface area contributed by atoms with Crippen LogP contribution in [0.5, 0.6) is 11.5 Å². The maximum absolute atomic E-state index is 13.1. The smallest absolute Gasteiger partial charge is 0.339 e. The van der Waals surface area contributed by atoms with Crippen LogP contribution >= 0.6 is 0 Å². The third-order valence-corrected chi connectivity index (χ3v) is 7.92. The first kappa shape index (κ1) is 28.6. The van der Waals surface area contributed by atoms with Crippen LogP contribution < -0.4 is 18.8 Å². The summed E-state index contributed by atoms with van der Waals surface area (Å²) in [6.07, 6.45) is 2.45. The molecule has 0 bridgehead atoms. The van der Waals surface area contributed by atoms with Crippen molar-refractivity contribution < 1.29 is 35.6 Å². The molecule has 0 saturated carbocycles. The molecule has 40 heavy (non-hydrogen) atoms. The topological polar surface area (TPSA) is 180 Å². The zero-order valence-corrected chi connectivity index (χ0v) is 21.9. The number of rotatable bonds is 10. The third-order valence-electron chi connectivity index (χ3n) is 5.32. The van der Waals surface area contributed by atoms with E-state index in [0.717, 1.165) is 18.2 Å². The molecule has 0 aromatic heterocycles. The second kappa shape index (κ2) is 11.7. The van der Waals surface area contributed by atoms with Crippen LogP contribution in [-0.2, 0) is 20.2 Å². The SMILES string of the molecule is O=S(=O)(Oc1ccccc1)c1cc(N([O-])[O-])ccc1C=Cc1ccc(N(O)O)cc1S(=O)(=O)Oc1ccccc1. The van der Waals surface area contributed by atoms with Crippen LogP contribution in [0.2, 0.25) is 0 Å². The predicted molar refractivity (Wildman–Crippen MR) is 146 cm³/mol. The van der Waals surface area contributed by atoms with E-state index in [-0.39, 0.29) is 33.5 Å². The van der Waals surface area contributed by atoms with Crippen molar-refractivity contribution in [3.63, 3.8) is 0 Å². The van der Waals surface area contributed by atoms with Crippen LogP contribution in [0.1, 0.15) is 11.1 Å². The van der Waals surface area contributed by atoms with Crippen LogP contribution in [0.4, 0.5) is 11.4 Å². The lowest BCUT2D eigenvalue weighted by Gasteiger charge is -2.37. The Bertz CT molecular complexity index is 1600. The van der Waals surface area contributed by atoms with Gasteiger partial charge < -0.3 is 24.0 Å². The average Bonchev–Trinajstić information content (AvgIpc) is 2.92. The Morgan fingerprint density at radius 2 is 1.00 bits per heavy atom. The fraction of sp³-hybridized carbons (Fsp3) is 0. The fourth-order valence-corrected chi connectivity index (χ4v) is 5.76.